The Morgan fingerprint density at radius 3 is 2.91 bits per heavy atom. The number of nitrogens with zero attached hydrogens (tertiary/aromatic N) is 2. The van der Waals surface area contributed by atoms with Gasteiger partial charge in [0.2, 0.25) is 0 Å². The molecule has 0 saturated heterocycles. The Balaban J connectivity index is 1.75. The number of aromatic amines is 1. The predicted octanol–water partition coefficient (Wildman–Crippen LogP) is 4.63. The third kappa shape index (κ3) is 2.44. The normalized spacial score (nSPS) is 15.5. The molecule has 112 valence electrons. The van der Waals surface area contributed by atoms with Gasteiger partial charge in [0.05, 0.1) is 10.7 Å². The minimum absolute atomic E-state index is 0.544. The van der Waals surface area contributed by atoms with Gasteiger partial charge in [0, 0.05) is 29.4 Å². The Kier molecular flexibility index (Phi) is 3.47. The number of hydrogen-bond donors (Lipinski definition) is 2. The average molecular weight is 313 g/mol. The largest absolute Gasteiger partial charge is 0.367 e. The summed E-state index contributed by atoms with van der Waals surface area (Å²) in [5.41, 5.74) is 2.64. The number of hydrogen-bond acceptors (Lipinski definition) is 3. The van der Waals surface area contributed by atoms with Gasteiger partial charge in [0.25, 0.3) is 0 Å². The molecule has 0 amide bonds. The van der Waals surface area contributed by atoms with Crippen molar-refractivity contribution in [3.63, 3.8) is 0 Å². The number of fused-ring (bicyclic) bond motifs is 1. The van der Waals surface area contributed by atoms with Crippen LogP contribution in [-0.2, 0) is 0 Å². The number of halogens is 1. The van der Waals surface area contributed by atoms with Crippen molar-refractivity contribution in [1.29, 1.82) is 0 Å². The minimum atomic E-state index is 0.544. The summed E-state index contributed by atoms with van der Waals surface area (Å²) in [6.07, 6.45) is 8.61. The molecule has 4 rings (SSSR count). The van der Waals surface area contributed by atoms with Crippen LogP contribution >= 0.6 is 11.6 Å². The van der Waals surface area contributed by atoms with Crippen molar-refractivity contribution in [3.8, 4) is 11.3 Å². The van der Waals surface area contributed by atoms with E-state index in [0.717, 1.165) is 28.1 Å². The third-order valence-electron chi connectivity index (χ3n) is 4.25. The molecule has 5 heteroatoms. The van der Waals surface area contributed by atoms with Gasteiger partial charge >= 0.3 is 0 Å². The summed E-state index contributed by atoms with van der Waals surface area (Å²) in [7, 11) is 0. The second kappa shape index (κ2) is 5.61. The Labute approximate surface area is 133 Å². The highest BCUT2D eigenvalue weighted by atomic mass is 35.5. The van der Waals surface area contributed by atoms with Crippen molar-refractivity contribution in [2.45, 2.75) is 31.7 Å². The molecule has 0 atom stereocenters. The van der Waals surface area contributed by atoms with Crippen molar-refractivity contribution in [2.24, 2.45) is 0 Å². The SMILES string of the molecule is Clc1cnc2[nH]ccc2c1-c1cccc(NC2CCCC2)n1. The minimum Gasteiger partial charge on any atom is -0.367 e. The highest BCUT2D eigenvalue weighted by molar-refractivity contribution is 6.34. The summed E-state index contributed by atoms with van der Waals surface area (Å²) in [6, 6.07) is 8.57. The standard InChI is InChI=1S/C17H17ClN4/c18-13-10-20-17-12(8-9-19-17)16(13)14-6-3-7-15(22-14)21-11-4-1-2-5-11/h3,6-11H,1-2,4-5H2,(H,19,20)(H,21,22). The molecule has 2 N–H and O–H groups in total. The number of pyridine rings is 2. The smallest absolute Gasteiger partial charge is 0.138 e. The highest BCUT2D eigenvalue weighted by Gasteiger charge is 2.16. The number of aromatic nitrogens is 3. The quantitative estimate of drug-likeness (QED) is 0.741. The molecule has 4 nitrogen and oxygen atoms in total. The summed E-state index contributed by atoms with van der Waals surface area (Å²) >= 11 is 6.38. The lowest BCUT2D eigenvalue weighted by atomic mass is 10.1. The van der Waals surface area contributed by atoms with Crippen LogP contribution in [0.3, 0.4) is 0 Å². The van der Waals surface area contributed by atoms with Crippen LogP contribution in [0.5, 0.6) is 0 Å². The van der Waals surface area contributed by atoms with E-state index in [0.29, 0.717) is 11.1 Å². The van der Waals surface area contributed by atoms with E-state index < -0.39 is 0 Å². The van der Waals surface area contributed by atoms with Crippen molar-refractivity contribution in [1.82, 2.24) is 15.0 Å². The summed E-state index contributed by atoms with van der Waals surface area (Å²) in [6.45, 7) is 0. The molecule has 1 saturated carbocycles. The Morgan fingerprint density at radius 2 is 2.05 bits per heavy atom. The van der Waals surface area contributed by atoms with E-state index in [1.807, 2.05) is 30.5 Å². The number of rotatable bonds is 3. The molecule has 0 radical (unpaired) electrons. The molecule has 3 heterocycles. The molecule has 22 heavy (non-hydrogen) atoms. The lowest BCUT2D eigenvalue weighted by Crippen LogP contribution is -2.15. The van der Waals surface area contributed by atoms with Crippen LogP contribution in [-0.4, -0.2) is 21.0 Å². The summed E-state index contributed by atoms with van der Waals surface area (Å²) < 4.78 is 0. The van der Waals surface area contributed by atoms with Gasteiger partial charge in [-0.3, -0.25) is 0 Å². The molecular weight excluding hydrogens is 296 g/mol. The summed E-state index contributed by atoms with van der Waals surface area (Å²) in [5.74, 6) is 0.918. The molecule has 1 aliphatic rings. The highest BCUT2D eigenvalue weighted by Crippen LogP contribution is 2.33. The first-order chi connectivity index (χ1) is 10.8. The van der Waals surface area contributed by atoms with Gasteiger partial charge in [-0.1, -0.05) is 30.5 Å². The van der Waals surface area contributed by atoms with Gasteiger partial charge in [0.1, 0.15) is 11.5 Å². The van der Waals surface area contributed by atoms with E-state index in [1.54, 1.807) is 6.20 Å². The zero-order chi connectivity index (χ0) is 14.9. The maximum absolute atomic E-state index is 6.38. The third-order valence-corrected chi connectivity index (χ3v) is 4.54. The molecule has 0 unspecified atom stereocenters. The first kappa shape index (κ1) is 13.6. The van der Waals surface area contributed by atoms with Crippen LogP contribution in [0.2, 0.25) is 5.02 Å². The number of anilines is 1. The lowest BCUT2D eigenvalue weighted by molar-refractivity contribution is 0.751. The fourth-order valence-electron chi connectivity index (χ4n) is 3.18. The molecule has 3 aromatic rings. The van der Waals surface area contributed by atoms with Crippen LogP contribution in [0.25, 0.3) is 22.3 Å². The maximum atomic E-state index is 6.38. The fraction of sp³-hybridized carbons (Fsp3) is 0.294. The van der Waals surface area contributed by atoms with Crippen molar-refractivity contribution in [2.75, 3.05) is 5.32 Å². The average Bonchev–Trinajstić information content (AvgIpc) is 3.18. The molecule has 0 bridgehead atoms. The molecule has 0 aromatic carbocycles. The van der Waals surface area contributed by atoms with Crippen LogP contribution in [0, 0.1) is 0 Å². The Bertz CT molecular complexity index is 805. The van der Waals surface area contributed by atoms with Crippen molar-refractivity contribution < 1.29 is 0 Å². The van der Waals surface area contributed by atoms with Crippen LogP contribution in [0.4, 0.5) is 5.82 Å². The van der Waals surface area contributed by atoms with Gasteiger partial charge in [0.15, 0.2) is 0 Å². The van der Waals surface area contributed by atoms with Crippen LogP contribution in [0.1, 0.15) is 25.7 Å². The molecule has 1 aliphatic carbocycles. The molecule has 3 aromatic heterocycles. The van der Waals surface area contributed by atoms with E-state index in [4.69, 9.17) is 16.6 Å². The Hall–Kier alpha value is -2.07. The van der Waals surface area contributed by atoms with Gasteiger partial charge in [-0.2, -0.15) is 0 Å². The van der Waals surface area contributed by atoms with E-state index in [1.165, 1.54) is 25.7 Å². The van der Waals surface area contributed by atoms with Gasteiger partial charge in [-0.05, 0) is 31.0 Å². The molecule has 0 spiro atoms. The summed E-state index contributed by atoms with van der Waals surface area (Å²) in [4.78, 5) is 12.2. The molecule has 1 fully saturated rings. The van der Waals surface area contributed by atoms with Gasteiger partial charge < -0.3 is 10.3 Å². The van der Waals surface area contributed by atoms with Crippen LogP contribution < -0.4 is 5.32 Å². The Morgan fingerprint density at radius 1 is 1.18 bits per heavy atom. The van der Waals surface area contributed by atoms with E-state index in [2.05, 4.69) is 15.3 Å². The zero-order valence-electron chi connectivity index (χ0n) is 12.1. The van der Waals surface area contributed by atoms with E-state index in [-0.39, 0.29) is 0 Å². The fourth-order valence-corrected chi connectivity index (χ4v) is 3.42. The first-order valence-electron chi connectivity index (χ1n) is 7.67. The second-order valence-electron chi connectivity index (χ2n) is 5.75. The maximum Gasteiger partial charge on any atom is 0.138 e. The number of nitrogens with one attached hydrogen (secondary N) is 2. The van der Waals surface area contributed by atoms with Crippen molar-refractivity contribution in [3.05, 3.63) is 41.7 Å². The van der Waals surface area contributed by atoms with E-state index in [9.17, 15) is 0 Å². The molecule has 0 aliphatic heterocycles. The van der Waals surface area contributed by atoms with Gasteiger partial charge in [-0.25, -0.2) is 9.97 Å². The lowest BCUT2D eigenvalue weighted by Gasteiger charge is -2.14. The predicted molar refractivity (Wildman–Crippen MR) is 90.2 cm³/mol. The topological polar surface area (TPSA) is 53.6 Å². The zero-order valence-corrected chi connectivity index (χ0v) is 12.9. The first-order valence-corrected chi connectivity index (χ1v) is 8.04. The monoisotopic (exact) mass is 312 g/mol. The summed E-state index contributed by atoms with van der Waals surface area (Å²) in [5, 5.41) is 5.16. The van der Waals surface area contributed by atoms with E-state index >= 15 is 0 Å². The number of H-pyrrole nitrogens is 1. The van der Waals surface area contributed by atoms with Crippen LogP contribution in [0.15, 0.2) is 36.7 Å². The molecular formula is C17H17ClN4. The van der Waals surface area contributed by atoms with Gasteiger partial charge in [-0.15, -0.1) is 0 Å². The second-order valence-corrected chi connectivity index (χ2v) is 6.16. The van der Waals surface area contributed by atoms with Crippen molar-refractivity contribution >= 4 is 28.5 Å².